The summed E-state index contributed by atoms with van der Waals surface area (Å²) in [5, 5.41) is 0. The topological polar surface area (TPSA) is 62.7 Å². The van der Waals surface area contributed by atoms with Crippen molar-refractivity contribution in [3.63, 3.8) is 0 Å². The van der Waals surface area contributed by atoms with Crippen LogP contribution in [-0.2, 0) is 14.8 Å². The Hall–Kier alpha value is -1.18. The summed E-state index contributed by atoms with van der Waals surface area (Å²) in [6.45, 7) is 2.96. The molecule has 2 heterocycles. The maximum Gasteiger partial charge on any atom is 0.220 e. The zero-order valence-corrected chi connectivity index (χ0v) is 13.8. The van der Waals surface area contributed by atoms with Crippen LogP contribution in [0, 0.1) is 0 Å². The molecule has 2 fully saturated rings. The van der Waals surface area contributed by atoms with E-state index in [1.54, 1.807) is 17.6 Å². The van der Waals surface area contributed by atoms with Crippen LogP contribution in [0.1, 0.15) is 19.3 Å². The Labute approximate surface area is 132 Å². The molecule has 1 aromatic heterocycles. The minimum atomic E-state index is -3.22. The first-order valence-corrected chi connectivity index (χ1v) is 9.18. The second kappa shape index (κ2) is 6.14. The van der Waals surface area contributed by atoms with E-state index in [2.05, 4.69) is 9.88 Å². The van der Waals surface area contributed by atoms with Crippen molar-refractivity contribution in [3.8, 4) is 0 Å². The fourth-order valence-electron chi connectivity index (χ4n) is 3.04. The second-order valence-electron chi connectivity index (χ2n) is 6.00. The summed E-state index contributed by atoms with van der Waals surface area (Å²) in [4.78, 5) is 6.47. The van der Waals surface area contributed by atoms with E-state index in [-0.39, 0.29) is 0 Å². The van der Waals surface area contributed by atoms with Crippen molar-refractivity contribution in [2.75, 3.05) is 44.8 Å². The highest BCUT2D eigenvalue weighted by molar-refractivity contribution is 7.90. The van der Waals surface area contributed by atoms with Crippen LogP contribution in [-0.4, -0.2) is 62.3 Å². The van der Waals surface area contributed by atoms with Crippen LogP contribution < -0.4 is 4.90 Å². The number of hydrogen-bond acceptors (Lipinski definition) is 5. The molecule has 0 atom stereocenters. The normalized spacial score (nSPS) is 21.8. The van der Waals surface area contributed by atoms with Gasteiger partial charge >= 0.3 is 0 Å². The number of aromatic nitrogens is 1. The largest absolute Gasteiger partial charge is 0.385 e. The van der Waals surface area contributed by atoms with Crippen LogP contribution in [0.5, 0.6) is 0 Å². The van der Waals surface area contributed by atoms with Crippen molar-refractivity contribution < 1.29 is 13.2 Å². The van der Waals surface area contributed by atoms with Crippen molar-refractivity contribution in [1.82, 2.24) is 9.29 Å². The highest BCUT2D eigenvalue weighted by atomic mass is 32.2. The molecular weight excluding hydrogens is 302 g/mol. The Bertz CT molecular complexity index is 594. The average Bonchev–Trinajstić information content (AvgIpc) is 3.35. The van der Waals surface area contributed by atoms with Gasteiger partial charge in [-0.15, -0.1) is 0 Å². The summed E-state index contributed by atoms with van der Waals surface area (Å²) in [5.41, 5.74) is 0. The number of sulfonamides is 1. The molecule has 1 saturated heterocycles. The van der Waals surface area contributed by atoms with Gasteiger partial charge in [0.2, 0.25) is 10.0 Å². The van der Waals surface area contributed by atoms with E-state index < -0.39 is 14.8 Å². The fourth-order valence-corrected chi connectivity index (χ4v) is 5.19. The number of hydrogen-bond donors (Lipinski definition) is 0. The minimum absolute atomic E-state index is 0.507. The van der Waals surface area contributed by atoms with E-state index in [4.69, 9.17) is 4.74 Å². The predicted molar refractivity (Wildman–Crippen MR) is 85.4 cm³/mol. The van der Waals surface area contributed by atoms with Crippen molar-refractivity contribution in [1.29, 1.82) is 0 Å². The maximum absolute atomic E-state index is 12.9. The molecule has 0 spiro atoms. The van der Waals surface area contributed by atoms with Gasteiger partial charge in [-0.2, -0.15) is 4.31 Å². The number of methoxy groups -OCH3 is 1. The Morgan fingerprint density at radius 2 is 1.95 bits per heavy atom. The summed E-state index contributed by atoms with van der Waals surface area (Å²) in [6, 6.07) is 5.80. The van der Waals surface area contributed by atoms with E-state index in [1.165, 1.54) is 0 Å². The van der Waals surface area contributed by atoms with Crippen LogP contribution in [0.3, 0.4) is 0 Å². The highest BCUT2D eigenvalue weighted by Crippen LogP contribution is 2.48. The molecule has 0 amide bonds. The number of ether oxygens (including phenoxy) is 1. The Balaban J connectivity index is 1.64. The Morgan fingerprint density at radius 1 is 1.23 bits per heavy atom. The smallest absolute Gasteiger partial charge is 0.220 e. The standard InChI is InChI=1S/C15H23N3O3S/c1-21-13-7-15(5-6-15)22(19,20)18-11-9-17(10-12-18)14-4-2-3-8-16-14/h2-4,8H,5-7,9-13H2,1H3. The van der Waals surface area contributed by atoms with E-state index >= 15 is 0 Å². The van der Waals surface area contributed by atoms with Crippen molar-refractivity contribution in [2.45, 2.75) is 24.0 Å². The van der Waals surface area contributed by atoms with Gasteiger partial charge in [0.25, 0.3) is 0 Å². The SMILES string of the molecule is COCCC1(S(=O)(=O)N2CCN(c3ccccn3)CC2)CC1. The molecule has 0 radical (unpaired) electrons. The molecule has 122 valence electrons. The predicted octanol–water partition coefficient (Wildman–Crippen LogP) is 1.10. The lowest BCUT2D eigenvalue weighted by atomic mass is 10.3. The molecule has 0 unspecified atom stereocenters. The van der Waals surface area contributed by atoms with Crippen molar-refractivity contribution in [3.05, 3.63) is 24.4 Å². The van der Waals surface area contributed by atoms with Gasteiger partial charge in [0.05, 0.1) is 4.75 Å². The Kier molecular flexibility index (Phi) is 4.38. The molecule has 0 N–H and O–H groups in total. The number of anilines is 1. The lowest BCUT2D eigenvalue weighted by Gasteiger charge is -2.36. The van der Waals surface area contributed by atoms with E-state index in [0.29, 0.717) is 39.2 Å². The lowest BCUT2D eigenvalue weighted by molar-refractivity contribution is 0.191. The van der Waals surface area contributed by atoms with Crippen molar-refractivity contribution in [2.24, 2.45) is 0 Å². The molecule has 0 bridgehead atoms. The number of piperazine rings is 1. The molecule has 2 aliphatic rings. The minimum Gasteiger partial charge on any atom is -0.385 e. The third-order valence-corrected chi connectivity index (χ3v) is 7.42. The quantitative estimate of drug-likeness (QED) is 0.784. The molecule has 1 aliphatic heterocycles. The van der Waals surface area contributed by atoms with Gasteiger partial charge < -0.3 is 9.64 Å². The Morgan fingerprint density at radius 3 is 2.50 bits per heavy atom. The van der Waals surface area contributed by atoms with Crippen LogP contribution in [0.4, 0.5) is 5.82 Å². The first-order chi connectivity index (χ1) is 10.6. The lowest BCUT2D eigenvalue weighted by Crippen LogP contribution is -2.52. The first kappa shape index (κ1) is 15.7. The summed E-state index contributed by atoms with van der Waals surface area (Å²) in [7, 11) is -1.60. The zero-order chi connectivity index (χ0) is 15.6. The van der Waals surface area contributed by atoms with E-state index in [0.717, 1.165) is 18.7 Å². The van der Waals surface area contributed by atoms with Gasteiger partial charge in [-0.25, -0.2) is 13.4 Å². The molecule has 0 aromatic carbocycles. The summed E-state index contributed by atoms with van der Waals surface area (Å²) >= 11 is 0. The van der Waals surface area contributed by atoms with Gasteiger partial charge in [-0.05, 0) is 31.4 Å². The first-order valence-electron chi connectivity index (χ1n) is 7.74. The van der Waals surface area contributed by atoms with Crippen LogP contribution in [0.25, 0.3) is 0 Å². The third kappa shape index (κ3) is 2.85. The summed E-state index contributed by atoms with van der Waals surface area (Å²) < 4.78 is 31.9. The molecule has 1 aliphatic carbocycles. The van der Waals surface area contributed by atoms with Gasteiger partial charge in [0, 0.05) is 46.1 Å². The molecule has 1 saturated carbocycles. The fraction of sp³-hybridized carbons (Fsp3) is 0.667. The summed E-state index contributed by atoms with van der Waals surface area (Å²) in [5.74, 6) is 0.917. The molecule has 6 nitrogen and oxygen atoms in total. The molecule has 3 rings (SSSR count). The monoisotopic (exact) mass is 325 g/mol. The molecule has 1 aromatic rings. The van der Waals surface area contributed by atoms with Gasteiger partial charge in [0.15, 0.2) is 0 Å². The molecular formula is C15H23N3O3S. The second-order valence-corrected chi connectivity index (χ2v) is 8.34. The molecule has 7 heteroatoms. The average molecular weight is 325 g/mol. The zero-order valence-electron chi connectivity index (χ0n) is 12.9. The molecule has 22 heavy (non-hydrogen) atoms. The van der Waals surface area contributed by atoms with Gasteiger partial charge in [-0.3, -0.25) is 0 Å². The summed E-state index contributed by atoms with van der Waals surface area (Å²) in [6.07, 6.45) is 3.90. The van der Waals surface area contributed by atoms with E-state index in [9.17, 15) is 8.42 Å². The number of nitrogens with zero attached hydrogens (tertiary/aromatic N) is 3. The maximum atomic E-state index is 12.9. The third-order valence-electron chi connectivity index (χ3n) is 4.67. The van der Waals surface area contributed by atoms with Crippen LogP contribution >= 0.6 is 0 Å². The number of pyridine rings is 1. The van der Waals surface area contributed by atoms with E-state index in [1.807, 2.05) is 18.2 Å². The number of rotatable bonds is 6. The van der Waals surface area contributed by atoms with Crippen LogP contribution in [0.2, 0.25) is 0 Å². The van der Waals surface area contributed by atoms with Gasteiger partial charge in [0.1, 0.15) is 5.82 Å². The van der Waals surface area contributed by atoms with Gasteiger partial charge in [-0.1, -0.05) is 6.07 Å². The van der Waals surface area contributed by atoms with Crippen molar-refractivity contribution >= 4 is 15.8 Å². The highest BCUT2D eigenvalue weighted by Gasteiger charge is 2.56. The van der Waals surface area contributed by atoms with Crippen LogP contribution in [0.15, 0.2) is 24.4 Å².